The predicted octanol–water partition coefficient (Wildman–Crippen LogP) is 5.30. The number of esters is 1. The number of para-hydroxylation sites is 2. The summed E-state index contributed by atoms with van der Waals surface area (Å²) in [4.78, 5) is 11.7. The summed E-state index contributed by atoms with van der Waals surface area (Å²) in [6.07, 6.45) is 0. The number of hydrogen-bond donors (Lipinski definition) is 1. The molecule has 5 heteroatoms. The average molecular weight is 324 g/mol. The van der Waals surface area contributed by atoms with Crippen molar-refractivity contribution in [2.75, 3.05) is 5.32 Å². The number of ether oxygens (including phenoxy) is 1. The van der Waals surface area contributed by atoms with Crippen LogP contribution in [0.3, 0.4) is 0 Å². The van der Waals surface area contributed by atoms with Crippen molar-refractivity contribution >= 4 is 40.5 Å². The van der Waals surface area contributed by atoms with Crippen LogP contribution < -0.4 is 10.1 Å². The van der Waals surface area contributed by atoms with Gasteiger partial charge in [0.1, 0.15) is 0 Å². The van der Waals surface area contributed by atoms with Crippen LogP contribution in [0.15, 0.2) is 42.5 Å². The Labute approximate surface area is 133 Å². The van der Waals surface area contributed by atoms with Gasteiger partial charge in [-0.2, -0.15) is 0 Å². The molecule has 2 aromatic carbocycles. The summed E-state index contributed by atoms with van der Waals surface area (Å²) in [7, 11) is 0. The van der Waals surface area contributed by atoms with Crippen LogP contribution >= 0.6 is 23.2 Å². The molecule has 0 aliphatic rings. The maximum atomic E-state index is 11.7. The first kappa shape index (κ1) is 15.7. The summed E-state index contributed by atoms with van der Waals surface area (Å²) in [5, 5.41) is 4.20. The van der Waals surface area contributed by atoms with Crippen molar-refractivity contribution in [2.45, 2.75) is 13.8 Å². The number of carbonyl (C=O) groups is 1. The van der Waals surface area contributed by atoms with Crippen LogP contribution in [0.2, 0.25) is 10.0 Å². The van der Waals surface area contributed by atoms with Crippen molar-refractivity contribution in [1.82, 2.24) is 0 Å². The second kappa shape index (κ2) is 6.83. The van der Waals surface area contributed by atoms with Gasteiger partial charge < -0.3 is 10.1 Å². The fourth-order valence-corrected chi connectivity index (χ4v) is 2.08. The maximum Gasteiger partial charge on any atom is 0.313 e. The number of carbonyl (C=O) groups excluding carboxylic acids is 1. The highest BCUT2D eigenvalue weighted by molar-refractivity contribution is 6.36. The highest BCUT2D eigenvalue weighted by atomic mass is 35.5. The van der Waals surface area contributed by atoms with Gasteiger partial charge in [-0.25, -0.2) is 0 Å². The van der Waals surface area contributed by atoms with Gasteiger partial charge in [0.05, 0.1) is 22.3 Å². The van der Waals surface area contributed by atoms with Gasteiger partial charge in [-0.05, 0) is 30.3 Å². The van der Waals surface area contributed by atoms with Crippen LogP contribution in [0.25, 0.3) is 0 Å². The number of hydrogen-bond acceptors (Lipinski definition) is 3. The largest absolute Gasteiger partial charge is 0.424 e. The lowest BCUT2D eigenvalue weighted by molar-refractivity contribution is -0.137. The monoisotopic (exact) mass is 323 g/mol. The SMILES string of the molecule is CC(C)C(=O)Oc1ccccc1Nc1ccc(Cl)cc1Cl. The van der Waals surface area contributed by atoms with Crippen molar-refractivity contribution in [3.63, 3.8) is 0 Å². The van der Waals surface area contributed by atoms with E-state index in [-0.39, 0.29) is 11.9 Å². The summed E-state index contributed by atoms with van der Waals surface area (Å²) in [5.74, 6) is -0.0224. The van der Waals surface area contributed by atoms with Crippen LogP contribution in [-0.4, -0.2) is 5.97 Å². The molecule has 110 valence electrons. The Balaban J connectivity index is 2.26. The van der Waals surface area contributed by atoms with Crippen molar-refractivity contribution in [2.24, 2.45) is 5.92 Å². The first-order valence-electron chi connectivity index (χ1n) is 6.50. The number of halogens is 2. The van der Waals surface area contributed by atoms with Crippen molar-refractivity contribution in [3.05, 3.63) is 52.5 Å². The molecule has 0 heterocycles. The van der Waals surface area contributed by atoms with Crippen LogP contribution in [0.5, 0.6) is 5.75 Å². The van der Waals surface area contributed by atoms with E-state index in [1.165, 1.54) is 0 Å². The Morgan fingerprint density at radius 1 is 1.10 bits per heavy atom. The van der Waals surface area contributed by atoms with Gasteiger partial charge in [0.2, 0.25) is 0 Å². The third-order valence-corrected chi connectivity index (χ3v) is 3.32. The molecule has 2 aromatic rings. The van der Waals surface area contributed by atoms with Gasteiger partial charge in [0.25, 0.3) is 0 Å². The van der Waals surface area contributed by atoms with E-state index in [9.17, 15) is 4.79 Å². The Morgan fingerprint density at radius 3 is 2.48 bits per heavy atom. The highest BCUT2D eigenvalue weighted by Gasteiger charge is 2.13. The molecule has 1 N–H and O–H groups in total. The third kappa shape index (κ3) is 4.13. The molecule has 0 amide bonds. The molecule has 0 atom stereocenters. The van der Waals surface area contributed by atoms with Crippen LogP contribution in [0.1, 0.15) is 13.8 Å². The molecule has 0 aliphatic heterocycles. The molecule has 0 fully saturated rings. The molecular weight excluding hydrogens is 309 g/mol. The van der Waals surface area contributed by atoms with E-state index in [2.05, 4.69) is 5.32 Å². The number of rotatable bonds is 4. The lowest BCUT2D eigenvalue weighted by Gasteiger charge is -2.14. The van der Waals surface area contributed by atoms with E-state index in [0.29, 0.717) is 27.2 Å². The van der Waals surface area contributed by atoms with Crippen LogP contribution in [0, 0.1) is 5.92 Å². The van der Waals surface area contributed by atoms with Crippen LogP contribution in [-0.2, 0) is 4.79 Å². The quantitative estimate of drug-likeness (QED) is 0.613. The smallest absolute Gasteiger partial charge is 0.313 e. The van der Waals surface area contributed by atoms with Crippen LogP contribution in [0.4, 0.5) is 11.4 Å². The summed E-state index contributed by atoms with van der Waals surface area (Å²) in [6.45, 7) is 3.57. The second-order valence-electron chi connectivity index (χ2n) is 4.82. The Hall–Kier alpha value is -1.71. The van der Waals surface area contributed by atoms with Gasteiger partial charge in [0.15, 0.2) is 5.75 Å². The zero-order valence-corrected chi connectivity index (χ0v) is 13.2. The first-order chi connectivity index (χ1) is 9.97. The highest BCUT2D eigenvalue weighted by Crippen LogP contribution is 2.32. The van der Waals surface area contributed by atoms with Crippen molar-refractivity contribution in [1.29, 1.82) is 0 Å². The molecule has 21 heavy (non-hydrogen) atoms. The number of benzene rings is 2. The van der Waals surface area contributed by atoms with Crippen molar-refractivity contribution < 1.29 is 9.53 Å². The maximum absolute atomic E-state index is 11.7. The fourth-order valence-electron chi connectivity index (χ4n) is 1.62. The lowest BCUT2D eigenvalue weighted by atomic mass is 10.2. The summed E-state index contributed by atoms with van der Waals surface area (Å²) in [5.41, 5.74) is 1.35. The topological polar surface area (TPSA) is 38.3 Å². The summed E-state index contributed by atoms with van der Waals surface area (Å²) < 4.78 is 5.37. The Bertz CT molecular complexity index is 656. The molecule has 0 saturated heterocycles. The standard InChI is InChI=1S/C16H15Cl2NO2/c1-10(2)16(20)21-15-6-4-3-5-14(15)19-13-8-7-11(17)9-12(13)18/h3-10,19H,1-2H3. The summed E-state index contributed by atoms with van der Waals surface area (Å²) in [6, 6.07) is 12.3. The summed E-state index contributed by atoms with van der Waals surface area (Å²) >= 11 is 12.0. The minimum absolute atomic E-state index is 0.197. The third-order valence-electron chi connectivity index (χ3n) is 2.77. The lowest BCUT2D eigenvalue weighted by Crippen LogP contribution is -2.15. The van der Waals surface area contributed by atoms with Gasteiger partial charge in [-0.3, -0.25) is 4.79 Å². The van der Waals surface area contributed by atoms with E-state index >= 15 is 0 Å². The molecule has 0 bridgehead atoms. The van der Waals surface area contributed by atoms with Gasteiger partial charge in [0, 0.05) is 5.02 Å². The van der Waals surface area contributed by atoms with E-state index in [1.807, 2.05) is 12.1 Å². The zero-order valence-electron chi connectivity index (χ0n) is 11.7. The Morgan fingerprint density at radius 2 is 1.81 bits per heavy atom. The fraction of sp³-hybridized carbons (Fsp3) is 0.188. The molecular formula is C16H15Cl2NO2. The zero-order chi connectivity index (χ0) is 15.4. The van der Waals surface area contributed by atoms with E-state index in [1.54, 1.807) is 44.2 Å². The van der Waals surface area contributed by atoms with Gasteiger partial charge in [-0.1, -0.05) is 49.2 Å². The minimum Gasteiger partial charge on any atom is -0.424 e. The number of nitrogens with one attached hydrogen (secondary N) is 1. The number of anilines is 2. The predicted molar refractivity (Wildman–Crippen MR) is 86.7 cm³/mol. The molecule has 0 unspecified atom stereocenters. The normalized spacial score (nSPS) is 10.5. The van der Waals surface area contributed by atoms with Gasteiger partial charge >= 0.3 is 5.97 Å². The molecule has 3 nitrogen and oxygen atoms in total. The Kier molecular flexibility index (Phi) is 5.10. The minimum atomic E-state index is -0.286. The van der Waals surface area contributed by atoms with E-state index < -0.39 is 0 Å². The van der Waals surface area contributed by atoms with E-state index in [4.69, 9.17) is 27.9 Å². The first-order valence-corrected chi connectivity index (χ1v) is 7.26. The van der Waals surface area contributed by atoms with E-state index in [0.717, 1.165) is 0 Å². The average Bonchev–Trinajstić information content (AvgIpc) is 2.43. The molecule has 0 aliphatic carbocycles. The second-order valence-corrected chi connectivity index (χ2v) is 5.66. The molecule has 0 spiro atoms. The van der Waals surface area contributed by atoms with Gasteiger partial charge in [-0.15, -0.1) is 0 Å². The molecule has 0 aromatic heterocycles. The molecule has 2 rings (SSSR count). The molecule has 0 saturated carbocycles. The van der Waals surface area contributed by atoms with Crippen molar-refractivity contribution in [3.8, 4) is 5.75 Å². The molecule has 0 radical (unpaired) electrons.